The number of oxime groups is 1. The molecule has 0 spiro atoms. The SMILES string of the molecule is CO/N=C1\C2CC3CC(C2)[C@H](Cl)C1C3. The molecule has 0 heterocycles. The molecule has 0 radical (unpaired) electrons. The zero-order valence-corrected chi connectivity index (χ0v) is 9.20. The van der Waals surface area contributed by atoms with Crippen LogP contribution in [0.3, 0.4) is 0 Å². The second-order valence-corrected chi connectivity index (χ2v) is 5.52. The van der Waals surface area contributed by atoms with Crippen molar-refractivity contribution in [2.24, 2.45) is 28.8 Å². The van der Waals surface area contributed by atoms with E-state index in [4.69, 9.17) is 16.4 Å². The Morgan fingerprint density at radius 2 is 2.14 bits per heavy atom. The molecule has 2 nitrogen and oxygen atoms in total. The quantitative estimate of drug-likeness (QED) is 0.485. The van der Waals surface area contributed by atoms with Crippen molar-refractivity contribution in [1.29, 1.82) is 0 Å². The maximum absolute atomic E-state index is 6.46. The highest BCUT2D eigenvalue weighted by atomic mass is 35.5. The van der Waals surface area contributed by atoms with Gasteiger partial charge in [-0.3, -0.25) is 0 Å². The molecule has 5 atom stereocenters. The third-order valence-corrected chi connectivity index (χ3v) is 4.92. The zero-order chi connectivity index (χ0) is 9.71. The Morgan fingerprint density at radius 1 is 1.29 bits per heavy atom. The summed E-state index contributed by atoms with van der Waals surface area (Å²) >= 11 is 6.46. The van der Waals surface area contributed by atoms with Crippen molar-refractivity contribution < 1.29 is 4.84 Å². The Morgan fingerprint density at radius 3 is 2.93 bits per heavy atom. The molecule has 0 saturated heterocycles. The molecule has 14 heavy (non-hydrogen) atoms. The van der Waals surface area contributed by atoms with Gasteiger partial charge in [0.15, 0.2) is 0 Å². The second-order valence-electron chi connectivity index (χ2n) is 5.02. The Hall–Kier alpha value is -0.240. The van der Waals surface area contributed by atoms with Crippen LogP contribution in [0.15, 0.2) is 5.16 Å². The molecule has 4 fully saturated rings. The Labute approximate surface area is 89.6 Å². The lowest BCUT2D eigenvalue weighted by molar-refractivity contribution is 0.103. The normalized spacial score (nSPS) is 52.7. The lowest BCUT2D eigenvalue weighted by atomic mass is 9.55. The number of nitrogens with zero attached hydrogens (tertiary/aromatic N) is 1. The molecule has 4 saturated carbocycles. The van der Waals surface area contributed by atoms with Gasteiger partial charge in [-0.05, 0) is 37.5 Å². The Balaban J connectivity index is 1.93. The predicted molar refractivity (Wildman–Crippen MR) is 56.5 cm³/mol. The van der Waals surface area contributed by atoms with Crippen molar-refractivity contribution in [3.63, 3.8) is 0 Å². The third kappa shape index (κ3) is 1.13. The minimum Gasteiger partial charge on any atom is -0.399 e. The van der Waals surface area contributed by atoms with Crippen molar-refractivity contribution in [3.8, 4) is 0 Å². The van der Waals surface area contributed by atoms with Gasteiger partial charge in [0.05, 0.1) is 5.71 Å². The molecule has 0 N–H and O–H groups in total. The molecule has 0 aromatic carbocycles. The van der Waals surface area contributed by atoms with Gasteiger partial charge in [-0.2, -0.15) is 0 Å². The van der Waals surface area contributed by atoms with Crippen LogP contribution >= 0.6 is 11.6 Å². The van der Waals surface area contributed by atoms with Gasteiger partial charge in [-0.15, -0.1) is 11.6 Å². The lowest BCUT2D eigenvalue weighted by Gasteiger charge is -2.52. The molecule has 0 aliphatic heterocycles. The Bertz CT molecular complexity index is 278. The summed E-state index contributed by atoms with van der Waals surface area (Å²) in [6, 6.07) is 0. The summed E-state index contributed by atoms with van der Waals surface area (Å²) < 4.78 is 0. The molecule has 0 amide bonds. The van der Waals surface area contributed by atoms with Gasteiger partial charge in [0, 0.05) is 17.2 Å². The monoisotopic (exact) mass is 213 g/mol. The minimum atomic E-state index is 0.330. The first kappa shape index (κ1) is 9.02. The van der Waals surface area contributed by atoms with Crippen molar-refractivity contribution in [3.05, 3.63) is 0 Å². The molecule has 4 bridgehead atoms. The number of alkyl halides is 1. The van der Waals surface area contributed by atoms with Gasteiger partial charge in [-0.25, -0.2) is 0 Å². The maximum Gasteiger partial charge on any atom is 0.106 e. The van der Waals surface area contributed by atoms with Crippen LogP contribution in [0, 0.1) is 23.7 Å². The van der Waals surface area contributed by atoms with Gasteiger partial charge in [0.1, 0.15) is 7.11 Å². The summed E-state index contributed by atoms with van der Waals surface area (Å²) in [7, 11) is 1.64. The largest absolute Gasteiger partial charge is 0.399 e. The molecule has 4 aliphatic rings. The van der Waals surface area contributed by atoms with Gasteiger partial charge in [0.2, 0.25) is 0 Å². The van der Waals surface area contributed by atoms with E-state index in [-0.39, 0.29) is 0 Å². The minimum absolute atomic E-state index is 0.330. The van der Waals surface area contributed by atoms with Crippen LogP contribution in [0.2, 0.25) is 0 Å². The number of halogens is 1. The first-order valence-corrected chi connectivity index (χ1v) is 5.98. The van der Waals surface area contributed by atoms with E-state index in [1.807, 2.05) is 0 Å². The molecule has 0 aromatic rings. The van der Waals surface area contributed by atoms with Crippen LogP contribution in [0.1, 0.15) is 25.7 Å². The van der Waals surface area contributed by atoms with E-state index in [9.17, 15) is 0 Å². The molecule has 4 rings (SSSR count). The predicted octanol–water partition coefficient (Wildman–Crippen LogP) is 2.66. The van der Waals surface area contributed by atoms with Crippen molar-refractivity contribution in [2.45, 2.75) is 31.1 Å². The fourth-order valence-corrected chi connectivity index (χ4v) is 4.27. The van der Waals surface area contributed by atoms with E-state index < -0.39 is 0 Å². The second kappa shape index (κ2) is 3.13. The average Bonchev–Trinajstić information content (AvgIpc) is 2.18. The van der Waals surface area contributed by atoms with E-state index in [1.54, 1.807) is 7.11 Å². The summed E-state index contributed by atoms with van der Waals surface area (Å²) in [5.41, 5.74) is 1.26. The summed E-state index contributed by atoms with van der Waals surface area (Å²) in [5.74, 6) is 2.89. The molecule has 4 aliphatic carbocycles. The van der Waals surface area contributed by atoms with Crippen LogP contribution in [0.4, 0.5) is 0 Å². The molecule has 3 heteroatoms. The van der Waals surface area contributed by atoms with E-state index in [2.05, 4.69) is 5.16 Å². The van der Waals surface area contributed by atoms with Crippen LogP contribution in [0.25, 0.3) is 0 Å². The summed E-state index contributed by atoms with van der Waals surface area (Å²) in [6.45, 7) is 0. The van der Waals surface area contributed by atoms with Gasteiger partial charge in [-0.1, -0.05) is 5.16 Å². The van der Waals surface area contributed by atoms with Crippen molar-refractivity contribution >= 4 is 17.3 Å². The van der Waals surface area contributed by atoms with Crippen molar-refractivity contribution in [1.82, 2.24) is 0 Å². The summed E-state index contributed by atoms with van der Waals surface area (Å²) in [5, 5.41) is 4.54. The van der Waals surface area contributed by atoms with Gasteiger partial charge in [0.25, 0.3) is 0 Å². The van der Waals surface area contributed by atoms with Gasteiger partial charge < -0.3 is 4.84 Å². The molecule has 0 aromatic heterocycles. The van der Waals surface area contributed by atoms with Gasteiger partial charge >= 0.3 is 0 Å². The highest BCUT2D eigenvalue weighted by molar-refractivity contribution is 6.23. The van der Waals surface area contributed by atoms with E-state index in [1.165, 1.54) is 31.4 Å². The van der Waals surface area contributed by atoms with E-state index in [0.29, 0.717) is 17.2 Å². The molecule has 78 valence electrons. The number of hydrogen-bond acceptors (Lipinski definition) is 2. The van der Waals surface area contributed by atoms with Crippen LogP contribution < -0.4 is 0 Å². The van der Waals surface area contributed by atoms with Crippen molar-refractivity contribution in [2.75, 3.05) is 7.11 Å². The first-order chi connectivity index (χ1) is 6.79. The van der Waals surface area contributed by atoms with Crippen LogP contribution in [-0.4, -0.2) is 18.2 Å². The standard InChI is InChI=1S/C11H16ClNO/c1-14-13-11-8-3-6-2-7(5-8)10(12)9(11)4-6/h6-10H,2-5H2,1H3/b13-11+/t6?,7?,8?,9?,10-/m0/s1. The Kier molecular flexibility index (Phi) is 2.01. The topological polar surface area (TPSA) is 21.6 Å². The average molecular weight is 214 g/mol. The van der Waals surface area contributed by atoms with E-state index >= 15 is 0 Å². The third-order valence-electron chi connectivity index (χ3n) is 4.26. The summed E-state index contributed by atoms with van der Waals surface area (Å²) in [4.78, 5) is 4.95. The van der Waals surface area contributed by atoms with E-state index in [0.717, 1.165) is 11.8 Å². The fourth-order valence-electron chi connectivity index (χ4n) is 3.83. The lowest BCUT2D eigenvalue weighted by Crippen LogP contribution is -2.52. The fraction of sp³-hybridized carbons (Fsp3) is 0.909. The first-order valence-electron chi connectivity index (χ1n) is 5.54. The van der Waals surface area contributed by atoms with Crippen LogP contribution in [0.5, 0.6) is 0 Å². The smallest absolute Gasteiger partial charge is 0.106 e. The molecular formula is C11H16ClNO. The molecular weight excluding hydrogens is 198 g/mol. The number of hydrogen-bond donors (Lipinski definition) is 0. The maximum atomic E-state index is 6.46. The highest BCUT2D eigenvalue weighted by Crippen LogP contribution is 2.54. The number of rotatable bonds is 1. The highest BCUT2D eigenvalue weighted by Gasteiger charge is 2.51. The molecule has 4 unspecified atom stereocenters. The van der Waals surface area contributed by atoms with Crippen LogP contribution in [-0.2, 0) is 4.84 Å². The summed E-state index contributed by atoms with van der Waals surface area (Å²) in [6.07, 6.45) is 5.20. The zero-order valence-electron chi connectivity index (χ0n) is 8.45.